The standard InChI is InChI=1S/C24H18N2O3S/c27-24(22-11-17-15-29-21-9-2-1-8-20(21)23(17)30-22)26-18-6-3-7-19(12-18)28-14-16-5-4-10-25-13-16/h1-13H,14-15H2,(H,26,27). The largest absolute Gasteiger partial charge is 0.489 e. The van der Waals surface area contributed by atoms with E-state index in [-0.39, 0.29) is 5.91 Å². The Morgan fingerprint density at radius 1 is 1.10 bits per heavy atom. The Hall–Kier alpha value is -3.64. The fourth-order valence-electron chi connectivity index (χ4n) is 3.32. The third-order valence-corrected chi connectivity index (χ3v) is 5.98. The summed E-state index contributed by atoms with van der Waals surface area (Å²) in [5.41, 5.74) is 3.75. The van der Waals surface area contributed by atoms with E-state index in [4.69, 9.17) is 9.47 Å². The maximum Gasteiger partial charge on any atom is 0.265 e. The van der Waals surface area contributed by atoms with Crippen molar-refractivity contribution in [2.45, 2.75) is 13.2 Å². The molecule has 0 bridgehead atoms. The summed E-state index contributed by atoms with van der Waals surface area (Å²) in [4.78, 5) is 18.7. The third kappa shape index (κ3) is 3.77. The number of benzene rings is 2. The molecular weight excluding hydrogens is 396 g/mol. The lowest BCUT2D eigenvalue weighted by Crippen LogP contribution is -2.10. The van der Waals surface area contributed by atoms with Gasteiger partial charge in [-0.25, -0.2) is 0 Å². The zero-order chi connectivity index (χ0) is 20.3. The number of nitrogens with zero attached hydrogens (tertiary/aromatic N) is 1. The Bertz CT molecular complexity index is 1200. The number of fused-ring (bicyclic) bond motifs is 3. The van der Waals surface area contributed by atoms with E-state index in [0.717, 1.165) is 27.3 Å². The van der Waals surface area contributed by atoms with Gasteiger partial charge >= 0.3 is 0 Å². The molecule has 0 unspecified atom stereocenters. The van der Waals surface area contributed by atoms with E-state index in [1.807, 2.05) is 66.7 Å². The van der Waals surface area contributed by atoms with Gasteiger partial charge in [-0.05, 0) is 36.4 Å². The molecule has 4 aromatic rings. The van der Waals surface area contributed by atoms with Gasteiger partial charge in [0.15, 0.2) is 0 Å². The van der Waals surface area contributed by atoms with Gasteiger partial charge < -0.3 is 14.8 Å². The maximum atomic E-state index is 12.8. The molecule has 0 radical (unpaired) electrons. The van der Waals surface area contributed by atoms with E-state index in [1.165, 1.54) is 11.3 Å². The van der Waals surface area contributed by atoms with Gasteiger partial charge in [0.1, 0.15) is 24.7 Å². The smallest absolute Gasteiger partial charge is 0.265 e. The van der Waals surface area contributed by atoms with Crippen molar-refractivity contribution in [2.24, 2.45) is 0 Å². The molecule has 1 amide bonds. The molecular formula is C24H18N2O3S. The molecule has 0 fully saturated rings. The number of nitrogens with one attached hydrogen (secondary N) is 1. The number of ether oxygens (including phenoxy) is 2. The lowest BCUT2D eigenvalue weighted by molar-refractivity contribution is 0.103. The van der Waals surface area contributed by atoms with Crippen LogP contribution >= 0.6 is 11.3 Å². The van der Waals surface area contributed by atoms with Crippen LogP contribution in [0, 0.1) is 0 Å². The Kier molecular flexibility index (Phi) is 4.91. The van der Waals surface area contributed by atoms with Gasteiger partial charge in [-0.15, -0.1) is 11.3 Å². The zero-order valence-corrected chi connectivity index (χ0v) is 16.8. The van der Waals surface area contributed by atoms with Crippen LogP contribution in [0.15, 0.2) is 79.1 Å². The molecule has 148 valence electrons. The first-order valence-corrected chi connectivity index (χ1v) is 10.4. The van der Waals surface area contributed by atoms with Gasteiger partial charge in [-0.2, -0.15) is 0 Å². The Morgan fingerprint density at radius 3 is 2.93 bits per heavy atom. The molecule has 1 N–H and O–H groups in total. The van der Waals surface area contributed by atoms with E-state index in [1.54, 1.807) is 12.4 Å². The minimum Gasteiger partial charge on any atom is -0.489 e. The van der Waals surface area contributed by atoms with Crippen molar-refractivity contribution in [1.29, 1.82) is 0 Å². The Balaban J connectivity index is 1.30. The summed E-state index contributed by atoms with van der Waals surface area (Å²) in [5, 5.41) is 2.97. The van der Waals surface area contributed by atoms with Crippen LogP contribution in [0.4, 0.5) is 5.69 Å². The number of amides is 1. The minimum atomic E-state index is -0.142. The topological polar surface area (TPSA) is 60.5 Å². The number of rotatable bonds is 5. The lowest BCUT2D eigenvalue weighted by Gasteiger charge is -2.16. The van der Waals surface area contributed by atoms with Crippen molar-refractivity contribution in [2.75, 3.05) is 5.32 Å². The second-order valence-electron chi connectivity index (χ2n) is 6.88. The highest BCUT2D eigenvalue weighted by molar-refractivity contribution is 7.17. The monoisotopic (exact) mass is 414 g/mol. The van der Waals surface area contributed by atoms with Crippen LogP contribution in [0.25, 0.3) is 10.4 Å². The van der Waals surface area contributed by atoms with Crippen molar-refractivity contribution in [1.82, 2.24) is 4.98 Å². The van der Waals surface area contributed by atoms with Crippen LogP contribution < -0.4 is 14.8 Å². The van der Waals surface area contributed by atoms with Crippen molar-refractivity contribution in [3.63, 3.8) is 0 Å². The van der Waals surface area contributed by atoms with Crippen LogP contribution in [-0.4, -0.2) is 10.9 Å². The van der Waals surface area contributed by atoms with Crippen LogP contribution in [0.2, 0.25) is 0 Å². The minimum absolute atomic E-state index is 0.142. The summed E-state index contributed by atoms with van der Waals surface area (Å²) in [7, 11) is 0. The van der Waals surface area contributed by atoms with Gasteiger partial charge in [-0.1, -0.05) is 24.3 Å². The molecule has 1 aliphatic rings. The molecule has 1 aliphatic heterocycles. The van der Waals surface area contributed by atoms with Gasteiger partial charge in [0.05, 0.1) is 4.88 Å². The number of aromatic nitrogens is 1. The highest BCUT2D eigenvalue weighted by Crippen LogP contribution is 2.42. The number of anilines is 1. The van der Waals surface area contributed by atoms with E-state index in [9.17, 15) is 4.79 Å². The van der Waals surface area contributed by atoms with Crippen molar-refractivity contribution in [3.8, 4) is 21.9 Å². The summed E-state index contributed by atoms with van der Waals surface area (Å²) in [6, 6.07) is 21.0. The predicted octanol–water partition coefficient (Wildman–Crippen LogP) is 5.53. The zero-order valence-electron chi connectivity index (χ0n) is 16.0. The fraction of sp³-hybridized carbons (Fsp3) is 0.0833. The van der Waals surface area contributed by atoms with Crippen molar-refractivity contribution >= 4 is 22.9 Å². The van der Waals surface area contributed by atoms with E-state index >= 15 is 0 Å². The summed E-state index contributed by atoms with van der Waals surface area (Å²) >= 11 is 1.49. The van der Waals surface area contributed by atoms with E-state index < -0.39 is 0 Å². The van der Waals surface area contributed by atoms with E-state index in [2.05, 4.69) is 10.3 Å². The summed E-state index contributed by atoms with van der Waals surface area (Å²) in [5.74, 6) is 1.40. The number of hydrogen-bond acceptors (Lipinski definition) is 5. The van der Waals surface area contributed by atoms with Crippen molar-refractivity contribution < 1.29 is 14.3 Å². The molecule has 0 atom stereocenters. The van der Waals surface area contributed by atoms with Crippen LogP contribution in [0.1, 0.15) is 20.8 Å². The highest BCUT2D eigenvalue weighted by Gasteiger charge is 2.22. The van der Waals surface area contributed by atoms with Gasteiger partial charge in [-0.3, -0.25) is 9.78 Å². The molecule has 3 heterocycles. The molecule has 2 aromatic carbocycles. The van der Waals surface area contributed by atoms with Crippen LogP contribution in [0.5, 0.6) is 11.5 Å². The summed E-state index contributed by atoms with van der Waals surface area (Å²) in [6.07, 6.45) is 3.50. The van der Waals surface area contributed by atoms with Gasteiger partial charge in [0.2, 0.25) is 0 Å². The third-order valence-electron chi connectivity index (χ3n) is 4.77. The predicted molar refractivity (Wildman–Crippen MR) is 117 cm³/mol. The second-order valence-corrected chi connectivity index (χ2v) is 7.93. The first-order chi connectivity index (χ1) is 14.8. The van der Waals surface area contributed by atoms with E-state index in [0.29, 0.717) is 29.5 Å². The Labute approximate surface area is 177 Å². The number of para-hydroxylation sites is 1. The fourth-order valence-corrected chi connectivity index (χ4v) is 4.41. The summed E-state index contributed by atoms with van der Waals surface area (Å²) < 4.78 is 11.6. The quantitative estimate of drug-likeness (QED) is 0.466. The van der Waals surface area contributed by atoms with Gasteiger partial charge in [0, 0.05) is 45.7 Å². The summed E-state index contributed by atoms with van der Waals surface area (Å²) in [6.45, 7) is 0.899. The lowest BCUT2D eigenvalue weighted by atomic mass is 10.1. The molecule has 0 aliphatic carbocycles. The van der Waals surface area contributed by atoms with Crippen molar-refractivity contribution in [3.05, 3.63) is 95.1 Å². The second kappa shape index (κ2) is 8.00. The molecule has 0 saturated heterocycles. The highest BCUT2D eigenvalue weighted by atomic mass is 32.1. The number of carbonyl (C=O) groups excluding carboxylic acids is 1. The Morgan fingerprint density at radius 2 is 2.03 bits per heavy atom. The SMILES string of the molecule is O=C(Nc1cccc(OCc2cccnc2)c1)c1cc2c(s1)-c1ccccc1OC2. The maximum absolute atomic E-state index is 12.8. The average molecular weight is 414 g/mol. The molecule has 5 nitrogen and oxygen atoms in total. The molecule has 6 heteroatoms. The number of hydrogen-bond donors (Lipinski definition) is 1. The first-order valence-electron chi connectivity index (χ1n) is 9.54. The first kappa shape index (κ1) is 18.4. The normalized spacial score (nSPS) is 11.7. The number of thiophene rings is 1. The van der Waals surface area contributed by atoms with Gasteiger partial charge in [0.25, 0.3) is 5.91 Å². The molecule has 2 aromatic heterocycles. The molecule has 30 heavy (non-hydrogen) atoms. The molecule has 5 rings (SSSR count). The van der Waals surface area contributed by atoms with Crippen LogP contribution in [-0.2, 0) is 13.2 Å². The molecule has 0 spiro atoms. The average Bonchev–Trinajstić information content (AvgIpc) is 3.24. The van der Waals surface area contributed by atoms with Crippen LogP contribution in [0.3, 0.4) is 0 Å². The number of pyridine rings is 1. The molecule has 0 saturated carbocycles. The number of carbonyl (C=O) groups is 1.